The molecule has 3 N–H and O–H groups in total. The van der Waals surface area contributed by atoms with Crippen molar-refractivity contribution >= 4 is 40.1 Å². The van der Waals surface area contributed by atoms with Crippen LogP contribution in [0.2, 0.25) is 0 Å². The van der Waals surface area contributed by atoms with E-state index < -0.39 is 0 Å². The van der Waals surface area contributed by atoms with Crippen molar-refractivity contribution in [3.63, 3.8) is 0 Å². The summed E-state index contributed by atoms with van der Waals surface area (Å²) in [4.78, 5) is 30.7. The Bertz CT molecular complexity index is 1240. The van der Waals surface area contributed by atoms with Crippen molar-refractivity contribution in [2.45, 2.75) is 13.8 Å². The lowest BCUT2D eigenvalue weighted by Gasteiger charge is -2.36. The standard InChI is InChI=1S/C27H33N7O/c1-19(2)18-33-8-10-34(11-9-33)26-14-21(6-7-30-26)27(35)32-25-13-23-12-20(24(15-28)16-29-3)4-5-22(23)17-31-25/h4-7,12-17,19H,8-11,18,28H2,1-3H3,(H,31,32,35). The minimum Gasteiger partial charge on any atom is -0.404 e. The zero-order valence-corrected chi connectivity index (χ0v) is 20.6. The van der Waals surface area contributed by atoms with Gasteiger partial charge >= 0.3 is 0 Å². The highest BCUT2D eigenvalue weighted by Gasteiger charge is 2.19. The lowest BCUT2D eigenvalue weighted by atomic mass is 10.0. The molecule has 1 saturated heterocycles. The first-order chi connectivity index (χ1) is 17.0. The molecule has 8 heteroatoms. The average Bonchev–Trinajstić information content (AvgIpc) is 2.87. The molecule has 8 nitrogen and oxygen atoms in total. The quantitative estimate of drug-likeness (QED) is 0.510. The van der Waals surface area contributed by atoms with Gasteiger partial charge in [0.25, 0.3) is 5.91 Å². The van der Waals surface area contributed by atoms with Crippen LogP contribution in [0.25, 0.3) is 16.3 Å². The third-order valence-electron chi connectivity index (χ3n) is 6.07. The van der Waals surface area contributed by atoms with Gasteiger partial charge in [-0.1, -0.05) is 26.0 Å². The molecule has 0 saturated carbocycles. The van der Waals surface area contributed by atoms with Gasteiger partial charge in [0.2, 0.25) is 0 Å². The van der Waals surface area contributed by atoms with Crippen LogP contribution in [-0.4, -0.2) is 66.8 Å². The molecule has 0 spiro atoms. The van der Waals surface area contributed by atoms with E-state index in [1.54, 1.807) is 31.7 Å². The van der Waals surface area contributed by atoms with Crippen LogP contribution >= 0.6 is 0 Å². The molecule has 1 aliphatic rings. The van der Waals surface area contributed by atoms with Gasteiger partial charge in [0.05, 0.1) is 0 Å². The Hall–Kier alpha value is -3.78. The van der Waals surface area contributed by atoms with Crippen molar-refractivity contribution < 1.29 is 4.79 Å². The van der Waals surface area contributed by atoms with Crippen molar-refractivity contribution in [1.82, 2.24) is 14.9 Å². The predicted molar refractivity (Wildman–Crippen MR) is 144 cm³/mol. The highest BCUT2D eigenvalue weighted by atomic mass is 16.1. The van der Waals surface area contributed by atoms with Crippen LogP contribution < -0.4 is 16.0 Å². The molecule has 182 valence electrons. The summed E-state index contributed by atoms with van der Waals surface area (Å²) in [5.41, 5.74) is 8.08. The summed E-state index contributed by atoms with van der Waals surface area (Å²) in [7, 11) is 1.71. The van der Waals surface area contributed by atoms with E-state index in [1.165, 1.54) is 6.20 Å². The monoisotopic (exact) mass is 471 g/mol. The number of hydrogen-bond donors (Lipinski definition) is 2. The number of carbonyl (C=O) groups excluding carboxylic acids is 1. The summed E-state index contributed by atoms with van der Waals surface area (Å²) in [6.07, 6.45) is 6.70. The van der Waals surface area contributed by atoms with E-state index in [4.69, 9.17) is 5.73 Å². The number of anilines is 2. The van der Waals surface area contributed by atoms with Gasteiger partial charge in [-0.3, -0.25) is 14.7 Å². The van der Waals surface area contributed by atoms with Gasteiger partial charge in [-0.15, -0.1) is 0 Å². The van der Waals surface area contributed by atoms with Crippen LogP contribution in [0.3, 0.4) is 0 Å². The third kappa shape index (κ3) is 6.02. The summed E-state index contributed by atoms with van der Waals surface area (Å²) in [6, 6.07) is 11.4. The maximum atomic E-state index is 13.0. The second-order valence-corrected chi connectivity index (χ2v) is 9.18. The molecule has 0 aliphatic carbocycles. The first kappa shape index (κ1) is 24.3. The molecule has 0 atom stereocenters. The Morgan fingerprint density at radius 1 is 1.09 bits per heavy atom. The number of carbonyl (C=O) groups is 1. The maximum absolute atomic E-state index is 13.0. The minimum absolute atomic E-state index is 0.212. The van der Waals surface area contributed by atoms with Crippen molar-refractivity contribution in [2.24, 2.45) is 16.6 Å². The third-order valence-corrected chi connectivity index (χ3v) is 6.07. The summed E-state index contributed by atoms with van der Waals surface area (Å²) < 4.78 is 0. The number of fused-ring (bicyclic) bond motifs is 1. The predicted octanol–water partition coefficient (Wildman–Crippen LogP) is 3.66. The molecule has 0 bridgehead atoms. The van der Waals surface area contributed by atoms with Gasteiger partial charge in [0.1, 0.15) is 11.6 Å². The fourth-order valence-electron chi connectivity index (χ4n) is 4.34. The van der Waals surface area contributed by atoms with Crippen molar-refractivity contribution in [1.29, 1.82) is 0 Å². The van der Waals surface area contributed by atoms with E-state index in [1.807, 2.05) is 30.3 Å². The van der Waals surface area contributed by atoms with E-state index in [0.717, 1.165) is 60.5 Å². The first-order valence-electron chi connectivity index (χ1n) is 12.0. The number of aliphatic imine (C=N–C) groups is 1. The minimum atomic E-state index is -0.212. The topological polar surface area (TPSA) is 99.7 Å². The van der Waals surface area contributed by atoms with E-state index in [0.29, 0.717) is 17.3 Å². The molecule has 2 aromatic heterocycles. The fourth-order valence-corrected chi connectivity index (χ4v) is 4.34. The van der Waals surface area contributed by atoms with E-state index in [-0.39, 0.29) is 5.91 Å². The number of hydrogen-bond acceptors (Lipinski definition) is 7. The number of allylic oxidation sites excluding steroid dienone is 1. The van der Waals surface area contributed by atoms with Crippen LogP contribution in [0.5, 0.6) is 0 Å². The Kier molecular flexibility index (Phi) is 7.72. The van der Waals surface area contributed by atoms with Crippen molar-refractivity contribution in [3.05, 3.63) is 66.1 Å². The number of aromatic nitrogens is 2. The zero-order chi connectivity index (χ0) is 24.8. The van der Waals surface area contributed by atoms with Gasteiger partial charge in [-0.05, 0) is 41.1 Å². The van der Waals surface area contributed by atoms with E-state index in [2.05, 4.69) is 43.9 Å². The molecule has 1 amide bonds. The average molecular weight is 472 g/mol. The largest absolute Gasteiger partial charge is 0.404 e. The Morgan fingerprint density at radius 3 is 2.60 bits per heavy atom. The number of amides is 1. The second-order valence-electron chi connectivity index (χ2n) is 9.18. The number of nitrogens with zero attached hydrogens (tertiary/aromatic N) is 5. The summed E-state index contributed by atoms with van der Waals surface area (Å²) in [5, 5.41) is 4.85. The molecule has 3 heterocycles. The van der Waals surface area contributed by atoms with Crippen molar-refractivity contribution in [2.75, 3.05) is 50.0 Å². The summed E-state index contributed by atoms with van der Waals surface area (Å²) in [5.74, 6) is 1.77. The van der Waals surface area contributed by atoms with Crippen LogP contribution in [0.15, 0.2) is 60.0 Å². The smallest absolute Gasteiger partial charge is 0.257 e. The number of piperazine rings is 1. The summed E-state index contributed by atoms with van der Waals surface area (Å²) >= 11 is 0. The van der Waals surface area contributed by atoms with Crippen LogP contribution in [0.1, 0.15) is 29.8 Å². The molecule has 3 aromatic rings. The zero-order valence-electron chi connectivity index (χ0n) is 20.6. The fraction of sp³-hybridized carbons (Fsp3) is 0.333. The Morgan fingerprint density at radius 2 is 1.89 bits per heavy atom. The SMILES string of the molecule is CN=CC(=CN)c1ccc2cnc(NC(=O)c3ccnc(N4CCN(CC(C)C)CC4)c3)cc2c1. The number of nitrogens with two attached hydrogens (primary N) is 1. The molecular weight excluding hydrogens is 438 g/mol. The molecular formula is C27H33N7O. The normalized spacial score (nSPS) is 15.3. The molecule has 4 rings (SSSR count). The second kappa shape index (κ2) is 11.1. The number of pyridine rings is 2. The highest BCUT2D eigenvalue weighted by molar-refractivity contribution is 6.11. The number of nitrogens with one attached hydrogen (secondary N) is 1. The van der Waals surface area contributed by atoms with Crippen LogP contribution in [0.4, 0.5) is 11.6 Å². The summed E-state index contributed by atoms with van der Waals surface area (Å²) in [6.45, 7) is 9.42. The van der Waals surface area contributed by atoms with Gasteiger partial charge in [-0.25, -0.2) is 9.97 Å². The van der Waals surface area contributed by atoms with Gasteiger partial charge in [0.15, 0.2) is 0 Å². The molecule has 1 aromatic carbocycles. The number of rotatable bonds is 7. The highest BCUT2D eigenvalue weighted by Crippen LogP contribution is 2.23. The Labute approximate surface area is 206 Å². The molecule has 0 unspecified atom stereocenters. The molecule has 1 fully saturated rings. The maximum Gasteiger partial charge on any atom is 0.257 e. The van der Waals surface area contributed by atoms with Gasteiger partial charge in [0, 0.05) is 81.1 Å². The lowest BCUT2D eigenvalue weighted by molar-refractivity contribution is 0.102. The molecule has 0 radical (unpaired) electrons. The van der Waals surface area contributed by atoms with Crippen LogP contribution in [-0.2, 0) is 0 Å². The first-order valence-corrected chi connectivity index (χ1v) is 12.0. The molecule has 35 heavy (non-hydrogen) atoms. The van der Waals surface area contributed by atoms with Crippen LogP contribution in [0, 0.1) is 5.92 Å². The van der Waals surface area contributed by atoms with E-state index >= 15 is 0 Å². The van der Waals surface area contributed by atoms with Crippen molar-refractivity contribution in [3.8, 4) is 0 Å². The van der Waals surface area contributed by atoms with Gasteiger partial charge < -0.3 is 16.0 Å². The lowest BCUT2D eigenvalue weighted by Crippen LogP contribution is -2.47. The number of benzene rings is 1. The van der Waals surface area contributed by atoms with Gasteiger partial charge in [-0.2, -0.15) is 0 Å². The van der Waals surface area contributed by atoms with E-state index in [9.17, 15) is 4.79 Å². The molecule has 1 aliphatic heterocycles. The Balaban J connectivity index is 1.47.